The van der Waals surface area contributed by atoms with Gasteiger partial charge in [0, 0.05) is 33.6 Å². The molecule has 1 heterocycles. The molecular weight excluding hydrogens is 530 g/mol. The summed E-state index contributed by atoms with van der Waals surface area (Å²) in [6, 6.07) is 16.9. The van der Waals surface area contributed by atoms with Crippen molar-refractivity contribution in [3.8, 4) is 5.75 Å². The van der Waals surface area contributed by atoms with Crippen LogP contribution in [0.3, 0.4) is 0 Å². The molecule has 0 amide bonds. The van der Waals surface area contributed by atoms with E-state index in [0.29, 0.717) is 35.1 Å². The molecule has 1 unspecified atom stereocenters. The topological polar surface area (TPSA) is 56.8 Å². The van der Waals surface area contributed by atoms with Gasteiger partial charge in [0.05, 0.1) is 11.6 Å². The van der Waals surface area contributed by atoms with Gasteiger partial charge in [-0.2, -0.15) is 0 Å². The monoisotopic (exact) mass is 557 g/mol. The average Bonchev–Trinajstić information content (AvgIpc) is 2.84. The van der Waals surface area contributed by atoms with Gasteiger partial charge >= 0.3 is 0 Å². The number of halogens is 2. The molecule has 0 bridgehead atoms. The summed E-state index contributed by atoms with van der Waals surface area (Å²) in [5.41, 5.74) is 4.78. The minimum absolute atomic E-state index is 0.122. The maximum atomic E-state index is 13.2. The van der Waals surface area contributed by atoms with Crippen LogP contribution in [0, 0.1) is 13.8 Å². The van der Waals surface area contributed by atoms with Crippen molar-refractivity contribution in [2.75, 3.05) is 25.1 Å². The SMILES string of the molecule is Cc1cc(Br)ccc1Nc1ccc(C(=O)c2ccc(OCCOC3CCCCO3)cc2C)c(Cl)c1. The Bertz CT molecular complexity index is 1190. The van der Waals surface area contributed by atoms with E-state index in [4.69, 9.17) is 25.8 Å². The molecule has 1 fully saturated rings. The number of hydrogen-bond acceptors (Lipinski definition) is 5. The number of anilines is 2. The first-order valence-electron chi connectivity index (χ1n) is 11.7. The smallest absolute Gasteiger partial charge is 0.194 e. The molecule has 0 spiro atoms. The summed E-state index contributed by atoms with van der Waals surface area (Å²) < 4.78 is 18.1. The normalized spacial score (nSPS) is 15.6. The number of aryl methyl sites for hydroxylation is 2. The lowest BCUT2D eigenvalue weighted by molar-refractivity contribution is -0.165. The van der Waals surface area contributed by atoms with Crippen molar-refractivity contribution >= 4 is 44.7 Å². The van der Waals surface area contributed by atoms with Gasteiger partial charge in [-0.05, 0) is 98.8 Å². The van der Waals surface area contributed by atoms with Crippen molar-refractivity contribution in [3.05, 3.63) is 86.3 Å². The Balaban J connectivity index is 1.37. The third kappa shape index (κ3) is 6.85. The summed E-state index contributed by atoms with van der Waals surface area (Å²) in [7, 11) is 0. The number of ether oxygens (including phenoxy) is 3. The Kier molecular flexibility index (Phi) is 8.84. The van der Waals surface area contributed by atoms with E-state index in [9.17, 15) is 4.79 Å². The van der Waals surface area contributed by atoms with Crippen LogP contribution in [0.25, 0.3) is 0 Å². The van der Waals surface area contributed by atoms with Gasteiger partial charge in [0.1, 0.15) is 12.4 Å². The number of carbonyl (C=O) groups is 1. The first kappa shape index (κ1) is 25.7. The molecule has 1 atom stereocenters. The Hall–Kier alpha value is -2.38. The van der Waals surface area contributed by atoms with Gasteiger partial charge in [0.15, 0.2) is 12.1 Å². The van der Waals surface area contributed by atoms with Crippen molar-refractivity contribution in [2.24, 2.45) is 0 Å². The van der Waals surface area contributed by atoms with E-state index >= 15 is 0 Å². The Labute approximate surface area is 219 Å². The second kappa shape index (κ2) is 12.0. The molecule has 1 N–H and O–H groups in total. The first-order valence-corrected chi connectivity index (χ1v) is 12.9. The van der Waals surface area contributed by atoms with E-state index in [1.807, 2.05) is 44.2 Å². The largest absolute Gasteiger partial charge is 0.491 e. The van der Waals surface area contributed by atoms with Crippen molar-refractivity contribution < 1.29 is 19.0 Å². The highest BCUT2D eigenvalue weighted by molar-refractivity contribution is 9.10. The molecule has 7 heteroatoms. The summed E-state index contributed by atoms with van der Waals surface area (Å²) in [5, 5.41) is 3.76. The lowest BCUT2D eigenvalue weighted by atomic mass is 9.98. The third-order valence-electron chi connectivity index (χ3n) is 5.92. The fraction of sp³-hybridized carbons (Fsp3) is 0.321. The van der Waals surface area contributed by atoms with Crippen LogP contribution < -0.4 is 10.1 Å². The second-order valence-electron chi connectivity index (χ2n) is 8.60. The van der Waals surface area contributed by atoms with Gasteiger partial charge in [-0.25, -0.2) is 0 Å². The zero-order chi connectivity index (χ0) is 24.8. The maximum absolute atomic E-state index is 13.2. The van der Waals surface area contributed by atoms with Crippen LogP contribution in [0.4, 0.5) is 11.4 Å². The van der Waals surface area contributed by atoms with Gasteiger partial charge in [-0.3, -0.25) is 4.79 Å². The molecule has 5 nitrogen and oxygen atoms in total. The number of rotatable bonds is 9. The van der Waals surface area contributed by atoms with E-state index in [0.717, 1.165) is 52.8 Å². The molecule has 4 rings (SSSR count). The maximum Gasteiger partial charge on any atom is 0.194 e. The molecule has 0 radical (unpaired) electrons. The van der Waals surface area contributed by atoms with Crippen molar-refractivity contribution in [1.82, 2.24) is 0 Å². The number of carbonyl (C=O) groups excluding carboxylic acids is 1. The van der Waals surface area contributed by atoms with Crippen molar-refractivity contribution in [2.45, 2.75) is 39.4 Å². The molecule has 0 aliphatic carbocycles. The Morgan fingerprint density at radius 2 is 1.86 bits per heavy atom. The number of benzene rings is 3. The summed E-state index contributed by atoms with van der Waals surface area (Å²) in [5.74, 6) is 0.575. The van der Waals surface area contributed by atoms with Gasteiger partial charge in [-0.1, -0.05) is 27.5 Å². The number of hydrogen-bond donors (Lipinski definition) is 1. The third-order valence-corrected chi connectivity index (χ3v) is 6.72. The summed E-state index contributed by atoms with van der Waals surface area (Å²) in [6.45, 7) is 5.56. The minimum Gasteiger partial charge on any atom is -0.491 e. The molecule has 1 aliphatic rings. The standard InChI is InChI=1S/C28H29BrClNO4/c1-18-16-22(33-13-14-35-27-5-3-4-12-34-27)8-10-23(18)28(32)24-9-7-21(17-25(24)30)31-26-11-6-20(29)15-19(26)2/h6-11,15-17,27,31H,3-5,12-14H2,1-2H3. The highest BCUT2D eigenvalue weighted by Crippen LogP contribution is 2.29. The van der Waals surface area contributed by atoms with Crippen molar-refractivity contribution in [1.29, 1.82) is 0 Å². The second-order valence-corrected chi connectivity index (χ2v) is 9.92. The first-order chi connectivity index (χ1) is 16.9. The van der Waals surface area contributed by atoms with Crippen LogP contribution in [0.5, 0.6) is 5.75 Å². The number of nitrogens with one attached hydrogen (secondary N) is 1. The van der Waals surface area contributed by atoms with E-state index in [-0.39, 0.29) is 12.1 Å². The lowest BCUT2D eigenvalue weighted by Crippen LogP contribution is -2.24. The van der Waals surface area contributed by atoms with Gasteiger partial charge in [-0.15, -0.1) is 0 Å². The van der Waals surface area contributed by atoms with Crippen LogP contribution in [0.15, 0.2) is 59.1 Å². The molecule has 184 valence electrons. The summed E-state index contributed by atoms with van der Waals surface area (Å²) >= 11 is 10.00. The average molecular weight is 559 g/mol. The van der Waals surface area contributed by atoms with Crippen molar-refractivity contribution in [3.63, 3.8) is 0 Å². The fourth-order valence-electron chi connectivity index (χ4n) is 4.01. The highest BCUT2D eigenvalue weighted by Gasteiger charge is 2.17. The van der Waals surface area contributed by atoms with Crippen LogP contribution in [-0.4, -0.2) is 31.9 Å². The van der Waals surface area contributed by atoms with E-state index in [1.54, 1.807) is 24.3 Å². The number of ketones is 1. The van der Waals surface area contributed by atoms with E-state index in [1.165, 1.54) is 0 Å². The van der Waals surface area contributed by atoms with E-state index in [2.05, 4.69) is 21.2 Å². The van der Waals surface area contributed by atoms with Crippen LogP contribution in [0.1, 0.15) is 46.3 Å². The Morgan fingerprint density at radius 1 is 1.03 bits per heavy atom. The molecule has 35 heavy (non-hydrogen) atoms. The van der Waals surface area contributed by atoms with Crippen LogP contribution in [0.2, 0.25) is 5.02 Å². The lowest BCUT2D eigenvalue weighted by Gasteiger charge is -2.22. The van der Waals surface area contributed by atoms with Gasteiger partial charge in [0.2, 0.25) is 0 Å². The molecule has 1 saturated heterocycles. The molecule has 0 aromatic heterocycles. The molecule has 3 aromatic rings. The van der Waals surface area contributed by atoms with Gasteiger partial charge in [0.25, 0.3) is 0 Å². The quantitative estimate of drug-likeness (QED) is 0.216. The molecule has 0 saturated carbocycles. The zero-order valence-corrected chi connectivity index (χ0v) is 22.2. The predicted molar refractivity (Wildman–Crippen MR) is 143 cm³/mol. The van der Waals surface area contributed by atoms with Crippen LogP contribution in [-0.2, 0) is 9.47 Å². The molecule has 1 aliphatic heterocycles. The molecule has 3 aromatic carbocycles. The Morgan fingerprint density at radius 3 is 2.57 bits per heavy atom. The van der Waals surface area contributed by atoms with Gasteiger partial charge < -0.3 is 19.5 Å². The minimum atomic E-state index is -0.126. The van der Waals surface area contributed by atoms with Crippen LogP contribution >= 0.6 is 27.5 Å². The highest BCUT2D eigenvalue weighted by atomic mass is 79.9. The zero-order valence-electron chi connectivity index (χ0n) is 19.9. The predicted octanol–water partition coefficient (Wildman–Crippen LogP) is 7.62. The summed E-state index contributed by atoms with van der Waals surface area (Å²) in [6.07, 6.45) is 3.03. The van der Waals surface area contributed by atoms with E-state index < -0.39 is 0 Å². The fourth-order valence-corrected chi connectivity index (χ4v) is 4.75. The summed E-state index contributed by atoms with van der Waals surface area (Å²) in [4.78, 5) is 13.2. The molecular formula is C28H29BrClNO4.